The maximum atomic E-state index is 3.67. The van der Waals surface area contributed by atoms with Gasteiger partial charge in [-0.25, -0.2) is 0 Å². The van der Waals surface area contributed by atoms with Crippen molar-refractivity contribution in [1.82, 2.24) is 5.32 Å². The fraction of sp³-hybridized carbons (Fsp3) is 0.733. The van der Waals surface area contributed by atoms with E-state index in [2.05, 4.69) is 44.5 Å². The summed E-state index contributed by atoms with van der Waals surface area (Å²) in [4.78, 5) is 1.57. The molecule has 0 saturated heterocycles. The summed E-state index contributed by atoms with van der Waals surface area (Å²) in [5, 5.41) is 5.91. The Balaban J connectivity index is 2.77. The quantitative estimate of drug-likeness (QED) is 0.702. The molecule has 0 bridgehead atoms. The molecule has 1 unspecified atom stereocenters. The molecule has 0 aliphatic heterocycles. The molecule has 0 amide bonds. The van der Waals surface area contributed by atoms with E-state index in [-0.39, 0.29) is 0 Å². The van der Waals surface area contributed by atoms with Crippen molar-refractivity contribution in [1.29, 1.82) is 0 Å². The highest BCUT2D eigenvalue weighted by Gasteiger charge is 2.18. The molecule has 98 valence electrons. The van der Waals surface area contributed by atoms with Crippen LogP contribution in [-0.2, 0) is 6.42 Å². The van der Waals surface area contributed by atoms with Crippen LogP contribution in [0.1, 0.15) is 63.4 Å². The zero-order valence-electron chi connectivity index (χ0n) is 11.8. The molecule has 17 heavy (non-hydrogen) atoms. The van der Waals surface area contributed by atoms with Gasteiger partial charge in [0, 0.05) is 10.9 Å². The molecule has 1 aromatic rings. The SMILES string of the molecule is CCNC(CC(CC)CC)c1sccc1CC. The monoisotopic (exact) mass is 253 g/mol. The van der Waals surface area contributed by atoms with E-state index in [1.807, 2.05) is 11.3 Å². The van der Waals surface area contributed by atoms with Gasteiger partial charge in [0.25, 0.3) is 0 Å². The summed E-state index contributed by atoms with van der Waals surface area (Å²) in [6.07, 6.45) is 5.04. The van der Waals surface area contributed by atoms with Gasteiger partial charge in [0.15, 0.2) is 0 Å². The highest BCUT2D eigenvalue weighted by Crippen LogP contribution is 2.31. The zero-order valence-corrected chi connectivity index (χ0v) is 12.6. The highest BCUT2D eigenvalue weighted by molar-refractivity contribution is 7.10. The maximum Gasteiger partial charge on any atom is 0.0420 e. The predicted molar refractivity (Wildman–Crippen MR) is 78.8 cm³/mol. The number of hydrogen-bond acceptors (Lipinski definition) is 2. The molecule has 1 atom stereocenters. The van der Waals surface area contributed by atoms with Crippen molar-refractivity contribution in [3.63, 3.8) is 0 Å². The number of thiophene rings is 1. The molecule has 1 nitrogen and oxygen atoms in total. The number of aryl methyl sites for hydroxylation is 1. The summed E-state index contributed by atoms with van der Waals surface area (Å²) in [5.41, 5.74) is 1.53. The topological polar surface area (TPSA) is 12.0 Å². The van der Waals surface area contributed by atoms with Crippen LogP contribution in [0.15, 0.2) is 11.4 Å². The standard InChI is InChI=1S/C15H27NS/c1-5-12(6-2)11-14(16-8-4)15-13(7-3)9-10-17-15/h9-10,12,14,16H,5-8,11H2,1-4H3. The van der Waals surface area contributed by atoms with Gasteiger partial charge < -0.3 is 5.32 Å². The first kappa shape index (κ1) is 14.7. The van der Waals surface area contributed by atoms with Gasteiger partial charge in [0.1, 0.15) is 0 Å². The molecule has 1 heterocycles. The molecule has 0 saturated carbocycles. The molecule has 0 aromatic carbocycles. The molecule has 0 spiro atoms. The Morgan fingerprint density at radius 2 is 1.88 bits per heavy atom. The largest absolute Gasteiger partial charge is 0.310 e. The van der Waals surface area contributed by atoms with Gasteiger partial charge in [0.05, 0.1) is 0 Å². The van der Waals surface area contributed by atoms with Crippen molar-refractivity contribution in [2.24, 2.45) is 5.92 Å². The van der Waals surface area contributed by atoms with E-state index in [0.29, 0.717) is 6.04 Å². The average molecular weight is 253 g/mol. The molecule has 0 radical (unpaired) electrons. The van der Waals surface area contributed by atoms with Gasteiger partial charge in [-0.05, 0) is 42.3 Å². The summed E-state index contributed by atoms with van der Waals surface area (Å²) in [5.74, 6) is 0.853. The molecule has 1 N–H and O–H groups in total. The van der Waals surface area contributed by atoms with E-state index in [1.165, 1.54) is 24.8 Å². The van der Waals surface area contributed by atoms with E-state index in [9.17, 15) is 0 Å². The molecule has 0 aliphatic carbocycles. The van der Waals surface area contributed by atoms with Crippen LogP contribution in [0, 0.1) is 5.92 Å². The molecule has 1 rings (SSSR count). The van der Waals surface area contributed by atoms with Crippen molar-refractivity contribution >= 4 is 11.3 Å². The Morgan fingerprint density at radius 1 is 1.18 bits per heavy atom. The van der Waals surface area contributed by atoms with E-state index < -0.39 is 0 Å². The molecule has 1 aromatic heterocycles. The smallest absolute Gasteiger partial charge is 0.0420 e. The van der Waals surface area contributed by atoms with Gasteiger partial charge in [-0.1, -0.05) is 40.5 Å². The third-order valence-electron chi connectivity index (χ3n) is 3.65. The van der Waals surface area contributed by atoms with Crippen molar-refractivity contribution in [2.45, 2.75) is 59.4 Å². The van der Waals surface area contributed by atoms with E-state index in [0.717, 1.165) is 18.9 Å². The molecule has 0 aliphatic rings. The second-order valence-corrected chi connectivity index (χ2v) is 5.64. The van der Waals surface area contributed by atoms with E-state index >= 15 is 0 Å². The number of hydrogen-bond donors (Lipinski definition) is 1. The van der Waals surface area contributed by atoms with Crippen LogP contribution in [0.2, 0.25) is 0 Å². The van der Waals surface area contributed by atoms with Crippen LogP contribution in [0.5, 0.6) is 0 Å². The summed E-state index contributed by atoms with van der Waals surface area (Å²) >= 11 is 1.92. The lowest BCUT2D eigenvalue weighted by atomic mass is 9.93. The lowest BCUT2D eigenvalue weighted by Crippen LogP contribution is -2.23. The summed E-state index contributed by atoms with van der Waals surface area (Å²) in [7, 11) is 0. The normalized spacial score (nSPS) is 13.2. The minimum atomic E-state index is 0.569. The molecular formula is C15H27NS. The van der Waals surface area contributed by atoms with E-state index in [1.54, 1.807) is 4.88 Å². The second-order valence-electron chi connectivity index (χ2n) is 4.69. The van der Waals surface area contributed by atoms with Crippen molar-refractivity contribution in [3.8, 4) is 0 Å². The Labute approximate surface area is 111 Å². The third-order valence-corrected chi connectivity index (χ3v) is 4.73. The van der Waals surface area contributed by atoms with Crippen molar-refractivity contribution in [3.05, 3.63) is 21.9 Å². The Morgan fingerprint density at radius 3 is 2.41 bits per heavy atom. The Kier molecular flexibility index (Phi) is 6.83. The maximum absolute atomic E-state index is 3.67. The van der Waals surface area contributed by atoms with Crippen LogP contribution in [-0.4, -0.2) is 6.54 Å². The fourth-order valence-corrected chi connectivity index (χ4v) is 3.52. The summed E-state index contributed by atoms with van der Waals surface area (Å²) < 4.78 is 0. The average Bonchev–Trinajstić information content (AvgIpc) is 2.82. The van der Waals surface area contributed by atoms with Gasteiger partial charge in [0.2, 0.25) is 0 Å². The molecule has 0 fully saturated rings. The molecule has 2 heteroatoms. The van der Waals surface area contributed by atoms with Crippen molar-refractivity contribution in [2.75, 3.05) is 6.54 Å². The highest BCUT2D eigenvalue weighted by atomic mass is 32.1. The predicted octanol–water partition coefficient (Wildman–Crippen LogP) is 4.79. The Hall–Kier alpha value is -0.340. The van der Waals surface area contributed by atoms with Gasteiger partial charge >= 0.3 is 0 Å². The van der Waals surface area contributed by atoms with E-state index in [4.69, 9.17) is 0 Å². The van der Waals surface area contributed by atoms with Crippen LogP contribution in [0.3, 0.4) is 0 Å². The zero-order chi connectivity index (χ0) is 12.7. The van der Waals surface area contributed by atoms with Gasteiger partial charge in [-0.2, -0.15) is 0 Å². The lowest BCUT2D eigenvalue weighted by Gasteiger charge is -2.23. The first-order valence-corrected chi connectivity index (χ1v) is 7.94. The fourth-order valence-electron chi connectivity index (χ4n) is 2.43. The minimum Gasteiger partial charge on any atom is -0.310 e. The lowest BCUT2D eigenvalue weighted by molar-refractivity contribution is 0.378. The second kappa shape index (κ2) is 7.88. The van der Waals surface area contributed by atoms with Crippen molar-refractivity contribution < 1.29 is 0 Å². The number of rotatable bonds is 8. The summed E-state index contributed by atoms with van der Waals surface area (Å²) in [6, 6.07) is 2.86. The third kappa shape index (κ3) is 4.11. The first-order valence-electron chi connectivity index (χ1n) is 7.06. The summed E-state index contributed by atoms with van der Waals surface area (Å²) in [6.45, 7) is 10.1. The van der Waals surface area contributed by atoms with Crippen LogP contribution in [0.25, 0.3) is 0 Å². The molecular weight excluding hydrogens is 226 g/mol. The Bertz CT molecular complexity index is 302. The van der Waals surface area contributed by atoms with Crippen LogP contribution >= 0.6 is 11.3 Å². The van der Waals surface area contributed by atoms with Gasteiger partial charge in [-0.3, -0.25) is 0 Å². The van der Waals surface area contributed by atoms with Crippen LogP contribution < -0.4 is 5.32 Å². The number of nitrogens with one attached hydrogen (secondary N) is 1. The first-order chi connectivity index (χ1) is 8.26. The van der Waals surface area contributed by atoms with Crippen LogP contribution in [0.4, 0.5) is 0 Å². The minimum absolute atomic E-state index is 0.569. The van der Waals surface area contributed by atoms with Gasteiger partial charge in [-0.15, -0.1) is 11.3 Å².